The van der Waals surface area contributed by atoms with E-state index in [9.17, 15) is 0 Å². The number of aromatic nitrogens is 4. The lowest BCUT2D eigenvalue weighted by atomic mass is 9.94. The number of nitrogens with one attached hydrogen (secondary N) is 1. The smallest absolute Gasteiger partial charge is 0.247 e. The Morgan fingerprint density at radius 1 is 1.16 bits per heavy atom. The van der Waals surface area contributed by atoms with Crippen molar-refractivity contribution in [2.45, 2.75) is 25.3 Å². The van der Waals surface area contributed by atoms with Crippen LogP contribution in [0.25, 0.3) is 11.5 Å². The van der Waals surface area contributed by atoms with Crippen LogP contribution >= 0.6 is 0 Å². The molecule has 3 heterocycles. The highest BCUT2D eigenvalue weighted by molar-refractivity contribution is 5.53. The molecule has 0 unspecified atom stereocenters. The van der Waals surface area contributed by atoms with Gasteiger partial charge in [-0.25, -0.2) is 0 Å². The van der Waals surface area contributed by atoms with Crippen molar-refractivity contribution >= 4 is 0 Å². The summed E-state index contributed by atoms with van der Waals surface area (Å²) in [5.74, 6) is 2.58. The Bertz CT molecular complexity index is 789. The van der Waals surface area contributed by atoms with Crippen molar-refractivity contribution in [2.24, 2.45) is 0 Å². The Kier molecular flexibility index (Phi) is 4.47. The highest BCUT2D eigenvalue weighted by Crippen LogP contribution is 2.27. The maximum atomic E-state index is 5.82. The molecule has 0 bridgehead atoms. The molecular formula is C18H21N5O2. The predicted octanol–water partition coefficient (Wildman–Crippen LogP) is 2.85. The lowest BCUT2D eigenvalue weighted by Crippen LogP contribution is -2.32. The molecular weight excluding hydrogens is 318 g/mol. The first-order valence-corrected chi connectivity index (χ1v) is 8.50. The lowest BCUT2D eigenvalue weighted by Gasteiger charge is -2.30. The van der Waals surface area contributed by atoms with E-state index in [1.54, 1.807) is 7.11 Å². The molecule has 0 spiro atoms. The molecule has 3 aromatic rings. The van der Waals surface area contributed by atoms with E-state index in [0.717, 1.165) is 37.2 Å². The Labute approximate surface area is 146 Å². The van der Waals surface area contributed by atoms with E-state index in [0.29, 0.717) is 24.2 Å². The summed E-state index contributed by atoms with van der Waals surface area (Å²) in [6.07, 6.45) is 4.05. The van der Waals surface area contributed by atoms with Gasteiger partial charge in [0.15, 0.2) is 0 Å². The standard InChI is InChI=1S/C18H21N5O2/c1-24-15-4-2-14(3-5-15)18-22-21-17(25-18)12-23-10-7-13(8-11-23)16-6-9-19-20-16/h2-6,9,13H,7-8,10-12H2,1H3,(H,19,20). The third-order valence-electron chi connectivity index (χ3n) is 4.71. The Morgan fingerprint density at radius 2 is 1.96 bits per heavy atom. The van der Waals surface area contributed by atoms with Gasteiger partial charge in [-0.2, -0.15) is 5.10 Å². The SMILES string of the molecule is COc1ccc(-c2nnc(CN3CCC(c4ccn[nH]4)CC3)o2)cc1. The summed E-state index contributed by atoms with van der Waals surface area (Å²) in [6, 6.07) is 9.69. The normalized spacial score (nSPS) is 16.2. The molecule has 2 aromatic heterocycles. The molecule has 0 atom stereocenters. The molecule has 1 saturated heterocycles. The number of hydrogen-bond donors (Lipinski definition) is 1. The van der Waals surface area contributed by atoms with Crippen LogP contribution in [0.15, 0.2) is 40.9 Å². The average Bonchev–Trinajstić information content (AvgIpc) is 3.35. The van der Waals surface area contributed by atoms with Crippen molar-refractivity contribution in [1.82, 2.24) is 25.3 Å². The molecule has 0 aliphatic carbocycles. The molecule has 130 valence electrons. The lowest BCUT2D eigenvalue weighted by molar-refractivity contribution is 0.187. The summed E-state index contributed by atoms with van der Waals surface area (Å²) in [6.45, 7) is 2.73. The Hall–Kier alpha value is -2.67. The number of aromatic amines is 1. The minimum Gasteiger partial charge on any atom is -0.497 e. The Morgan fingerprint density at radius 3 is 2.64 bits per heavy atom. The maximum Gasteiger partial charge on any atom is 0.247 e. The van der Waals surface area contributed by atoms with Crippen LogP contribution < -0.4 is 4.74 Å². The first-order valence-electron chi connectivity index (χ1n) is 8.50. The van der Waals surface area contributed by atoms with Gasteiger partial charge < -0.3 is 9.15 Å². The molecule has 4 rings (SSSR count). The number of piperidine rings is 1. The first-order chi connectivity index (χ1) is 12.3. The fraction of sp³-hybridized carbons (Fsp3) is 0.389. The second-order valence-electron chi connectivity index (χ2n) is 6.29. The van der Waals surface area contributed by atoms with E-state index >= 15 is 0 Å². The number of nitrogens with zero attached hydrogens (tertiary/aromatic N) is 4. The van der Waals surface area contributed by atoms with Gasteiger partial charge in [-0.3, -0.25) is 10.00 Å². The van der Waals surface area contributed by atoms with Gasteiger partial charge in [-0.15, -0.1) is 10.2 Å². The summed E-state index contributed by atoms with van der Waals surface area (Å²) in [7, 11) is 1.65. The third-order valence-corrected chi connectivity index (χ3v) is 4.71. The molecule has 7 nitrogen and oxygen atoms in total. The van der Waals surface area contributed by atoms with Crippen molar-refractivity contribution in [2.75, 3.05) is 20.2 Å². The summed E-state index contributed by atoms with van der Waals surface area (Å²) < 4.78 is 11.0. The second-order valence-corrected chi connectivity index (χ2v) is 6.29. The Balaban J connectivity index is 1.35. The number of methoxy groups -OCH3 is 1. The van der Waals surface area contributed by atoms with Crippen molar-refractivity contribution in [3.63, 3.8) is 0 Å². The molecule has 1 aromatic carbocycles. The predicted molar refractivity (Wildman–Crippen MR) is 92.1 cm³/mol. The van der Waals surface area contributed by atoms with Crippen LogP contribution in [-0.4, -0.2) is 45.5 Å². The van der Waals surface area contributed by atoms with Crippen LogP contribution in [0, 0.1) is 0 Å². The monoisotopic (exact) mass is 339 g/mol. The van der Waals surface area contributed by atoms with E-state index in [-0.39, 0.29) is 0 Å². The molecule has 0 radical (unpaired) electrons. The fourth-order valence-electron chi connectivity index (χ4n) is 3.26. The van der Waals surface area contributed by atoms with Crippen molar-refractivity contribution in [1.29, 1.82) is 0 Å². The summed E-state index contributed by atoms with van der Waals surface area (Å²) in [5.41, 5.74) is 2.14. The fourth-order valence-corrected chi connectivity index (χ4v) is 3.26. The second kappa shape index (κ2) is 7.06. The van der Waals surface area contributed by atoms with Gasteiger partial charge in [0.1, 0.15) is 5.75 Å². The van der Waals surface area contributed by atoms with E-state index in [4.69, 9.17) is 9.15 Å². The minimum absolute atomic E-state index is 0.546. The number of benzene rings is 1. The van der Waals surface area contributed by atoms with Gasteiger partial charge in [0.05, 0.1) is 13.7 Å². The number of likely N-dealkylation sites (tertiary alicyclic amines) is 1. The van der Waals surface area contributed by atoms with Gasteiger partial charge in [-0.1, -0.05) is 0 Å². The first kappa shape index (κ1) is 15.8. The maximum absolute atomic E-state index is 5.82. The zero-order valence-corrected chi connectivity index (χ0v) is 14.2. The van der Waals surface area contributed by atoms with Crippen LogP contribution in [0.4, 0.5) is 0 Å². The van der Waals surface area contributed by atoms with Gasteiger partial charge in [0.25, 0.3) is 0 Å². The van der Waals surface area contributed by atoms with E-state index in [1.807, 2.05) is 30.5 Å². The van der Waals surface area contributed by atoms with Crippen LogP contribution in [0.1, 0.15) is 30.3 Å². The zero-order chi connectivity index (χ0) is 17.1. The van der Waals surface area contributed by atoms with Gasteiger partial charge in [-0.05, 0) is 56.3 Å². The topological polar surface area (TPSA) is 80.1 Å². The molecule has 0 amide bonds. The largest absolute Gasteiger partial charge is 0.497 e. The number of rotatable bonds is 5. The van der Waals surface area contributed by atoms with E-state index in [2.05, 4.69) is 31.4 Å². The molecule has 1 N–H and O–H groups in total. The third kappa shape index (κ3) is 3.56. The highest BCUT2D eigenvalue weighted by atomic mass is 16.5. The molecule has 7 heteroatoms. The van der Waals surface area contributed by atoms with Crippen molar-refractivity contribution in [3.8, 4) is 17.2 Å². The van der Waals surface area contributed by atoms with E-state index < -0.39 is 0 Å². The van der Waals surface area contributed by atoms with Crippen molar-refractivity contribution in [3.05, 3.63) is 48.1 Å². The summed E-state index contributed by atoms with van der Waals surface area (Å²) >= 11 is 0. The van der Waals surface area contributed by atoms with Crippen LogP contribution in [-0.2, 0) is 6.54 Å². The quantitative estimate of drug-likeness (QED) is 0.770. The van der Waals surface area contributed by atoms with Crippen molar-refractivity contribution < 1.29 is 9.15 Å². The summed E-state index contributed by atoms with van der Waals surface area (Å²) in [4.78, 5) is 2.36. The summed E-state index contributed by atoms with van der Waals surface area (Å²) in [5, 5.41) is 15.5. The number of H-pyrrole nitrogens is 1. The van der Waals surface area contributed by atoms with Crippen LogP contribution in [0.5, 0.6) is 5.75 Å². The molecule has 1 fully saturated rings. The average molecular weight is 339 g/mol. The number of hydrogen-bond acceptors (Lipinski definition) is 6. The molecule has 25 heavy (non-hydrogen) atoms. The molecule has 0 saturated carbocycles. The van der Waals surface area contributed by atoms with Gasteiger partial charge in [0.2, 0.25) is 11.8 Å². The van der Waals surface area contributed by atoms with Gasteiger partial charge >= 0.3 is 0 Å². The minimum atomic E-state index is 0.546. The molecule has 1 aliphatic heterocycles. The highest BCUT2D eigenvalue weighted by Gasteiger charge is 2.23. The van der Waals surface area contributed by atoms with Gasteiger partial charge in [0, 0.05) is 23.4 Å². The van der Waals surface area contributed by atoms with Crippen LogP contribution in [0.2, 0.25) is 0 Å². The molecule has 1 aliphatic rings. The number of ether oxygens (including phenoxy) is 1. The van der Waals surface area contributed by atoms with Crippen LogP contribution in [0.3, 0.4) is 0 Å². The zero-order valence-electron chi connectivity index (χ0n) is 14.2. The van der Waals surface area contributed by atoms with E-state index in [1.165, 1.54) is 5.69 Å².